The SMILES string of the molecule is CC(C)(C)c1cnc(CSc2cnc(NC(=O)C3CCN(CC(=O)NCCCCCNC(=O)NCc4cc5c(s4)C(=O)N(C4CCC(=O)NC4=O)C5=O)CC3)s2)o1. The van der Waals surface area contributed by atoms with E-state index in [1.54, 1.807) is 30.2 Å². The predicted molar refractivity (Wildman–Crippen MR) is 213 cm³/mol. The molecule has 306 valence electrons. The number of fused-ring (bicyclic) bond motifs is 1. The minimum Gasteiger partial charge on any atom is -0.444 e. The van der Waals surface area contributed by atoms with Crippen molar-refractivity contribution in [3.63, 3.8) is 0 Å². The van der Waals surface area contributed by atoms with Gasteiger partial charge in [0.05, 0.1) is 41.0 Å². The zero-order valence-electron chi connectivity index (χ0n) is 32.1. The molecule has 1 unspecified atom stereocenters. The summed E-state index contributed by atoms with van der Waals surface area (Å²) in [4.78, 5) is 99.8. The molecule has 3 aliphatic heterocycles. The van der Waals surface area contributed by atoms with Gasteiger partial charge >= 0.3 is 6.03 Å². The first-order chi connectivity index (χ1) is 27.2. The molecule has 0 aromatic carbocycles. The zero-order valence-corrected chi connectivity index (χ0v) is 34.5. The number of nitrogens with zero attached hydrogens (tertiary/aromatic N) is 4. The maximum atomic E-state index is 12.9. The van der Waals surface area contributed by atoms with E-state index in [4.69, 9.17) is 4.42 Å². The van der Waals surface area contributed by atoms with Crippen molar-refractivity contribution in [1.82, 2.24) is 41.0 Å². The Hall–Kier alpha value is -4.66. The van der Waals surface area contributed by atoms with Gasteiger partial charge in [-0.1, -0.05) is 32.1 Å². The molecule has 6 rings (SSSR count). The van der Waals surface area contributed by atoms with Gasteiger partial charge in [-0.25, -0.2) is 14.8 Å². The first kappa shape index (κ1) is 42.0. The van der Waals surface area contributed by atoms with Crippen molar-refractivity contribution in [2.24, 2.45) is 5.92 Å². The van der Waals surface area contributed by atoms with Crippen molar-refractivity contribution < 1.29 is 38.0 Å². The van der Waals surface area contributed by atoms with Gasteiger partial charge in [-0.15, -0.1) is 23.1 Å². The number of amides is 8. The monoisotopic (exact) mass is 841 g/mol. The van der Waals surface area contributed by atoms with E-state index in [1.165, 1.54) is 11.3 Å². The van der Waals surface area contributed by atoms with E-state index in [2.05, 4.69) is 62.2 Å². The Morgan fingerprint density at radius 1 is 0.947 bits per heavy atom. The molecule has 5 N–H and O–H groups in total. The molecule has 0 saturated carbocycles. The van der Waals surface area contributed by atoms with Crippen molar-refractivity contribution in [3.8, 4) is 0 Å². The van der Waals surface area contributed by atoms with Crippen LogP contribution in [-0.2, 0) is 36.9 Å². The third-order valence-corrected chi connectivity index (χ3v) is 12.9. The van der Waals surface area contributed by atoms with Gasteiger partial charge in [0.2, 0.25) is 29.5 Å². The number of anilines is 1. The van der Waals surface area contributed by atoms with Crippen molar-refractivity contribution in [2.75, 3.05) is 38.0 Å². The number of rotatable bonds is 16. The van der Waals surface area contributed by atoms with Crippen LogP contribution in [0.2, 0.25) is 0 Å². The van der Waals surface area contributed by atoms with Gasteiger partial charge in [-0.3, -0.25) is 43.9 Å². The topological polar surface area (TPSA) is 225 Å². The summed E-state index contributed by atoms with van der Waals surface area (Å²) in [7, 11) is 0. The normalized spacial score (nSPS) is 17.7. The lowest BCUT2D eigenvalue weighted by molar-refractivity contribution is -0.136. The van der Waals surface area contributed by atoms with E-state index in [0.717, 1.165) is 39.0 Å². The van der Waals surface area contributed by atoms with Crippen LogP contribution in [0.3, 0.4) is 0 Å². The first-order valence-corrected chi connectivity index (χ1v) is 21.6. The number of thioether (sulfide) groups is 1. The lowest BCUT2D eigenvalue weighted by atomic mass is 9.94. The smallest absolute Gasteiger partial charge is 0.315 e. The minimum atomic E-state index is -1.02. The van der Waals surface area contributed by atoms with Crippen LogP contribution in [0, 0.1) is 5.92 Å². The second kappa shape index (κ2) is 18.7. The molecule has 0 spiro atoms. The summed E-state index contributed by atoms with van der Waals surface area (Å²) in [6, 6.07) is 0.146. The zero-order chi connectivity index (χ0) is 40.7. The maximum absolute atomic E-state index is 12.9. The number of nitrogens with one attached hydrogen (secondary N) is 5. The van der Waals surface area contributed by atoms with Gasteiger partial charge < -0.3 is 25.7 Å². The third kappa shape index (κ3) is 11.1. The van der Waals surface area contributed by atoms with E-state index in [1.807, 2.05) is 0 Å². The standard InChI is InChI=1S/C37H47N9O8S3/c1-37(2,3)25-17-40-28(54-25)20-55-29-18-42-36(57-29)44-31(49)21-9-13-45(14-10-21)19-27(48)38-11-5-4-6-12-39-35(53)41-16-22-15-23-30(56-22)34(52)46(33(23)51)24-7-8-26(47)43-32(24)50/h15,17-18,21,24H,4-14,16,19-20H2,1-3H3,(H,38,48)(H2,39,41,53)(H,42,44,49)(H,43,47,50). The maximum Gasteiger partial charge on any atom is 0.315 e. The predicted octanol–water partition coefficient (Wildman–Crippen LogP) is 3.62. The number of carbonyl (C=O) groups is 7. The fraction of sp³-hybridized carbons (Fsp3) is 0.541. The molecule has 2 saturated heterocycles. The number of urea groups is 1. The van der Waals surface area contributed by atoms with Crippen LogP contribution in [0.4, 0.5) is 9.93 Å². The highest BCUT2D eigenvalue weighted by atomic mass is 32.2. The Morgan fingerprint density at radius 3 is 2.40 bits per heavy atom. The largest absolute Gasteiger partial charge is 0.444 e. The third-order valence-electron chi connectivity index (χ3n) is 9.72. The van der Waals surface area contributed by atoms with Crippen LogP contribution in [0.15, 0.2) is 27.1 Å². The highest BCUT2D eigenvalue weighted by Gasteiger charge is 2.46. The van der Waals surface area contributed by atoms with Crippen molar-refractivity contribution in [3.05, 3.63) is 45.4 Å². The number of carbonyl (C=O) groups excluding carboxylic acids is 7. The highest BCUT2D eigenvalue weighted by molar-refractivity contribution is 8.00. The Labute approximate surface area is 341 Å². The number of thiophene rings is 1. The summed E-state index contributed by atoms with van der Waals surface area (Å²) < 4.78 is 6.82. The molecule has 1 atom stereocenters. The molecular weight excluding hydrogens is 795 g/mol. The summed E-state index contributed by atoms with van der Waals surface area (Å²) in [5.74, 6) is -0.429. The number of oxazole rings is 1. The summed E-state index contributed by atoms with van der Waals surface area (Å²) in [5, 5.41) is 14.1. The van der Waals surface area contributed by atoms with Crippen LogP contribution >= 0.6 is 34.4 Å². The van der Waals surface area contributed by atoms with Gasteiger partial charge in [0, 0.05) is 35.7 Å². The Kier molecular flexibility index (Phi) is 13.8. The average molecular weight is 842 g/mol. The van der Waals surface area contributed by atoms with Crippen LogP contribution in [-0.4, -0.2) is 100 Å². The van der Waals surface area contributed by atoms with Gasteiger partial charge in [-0.05, 0) is 57.7 Å². The molecule has 3 aromatic heterocycles. The van der Waals surface area contributed by atoms with E-state index in [0.29, 0.717) is 67.1 Å². The Bertz CT molecular complexity index is 1960. The second-order valence-electron chi connectivity index (χ2n) is 15.1. The summed E-state index contributed by atoms with van der Waals surface area (Å²) >= 11 is 4.07. The summed E-state index contributed by atoms with van der Waals surface area (Å²) in [6.45, 7) is 8.89. The number of unbranched alkanes of at least 4 members (excludes halogenated alkanes) is 2. The molecule has 8 amide bonds. The quantitative estimate of drug-likeness (QED) is 0.0793. The molecule has 0 radical (unpaired) electrons. The van der Waals surface area contributed by atoms with E-state index in [-0.39, 0.29) is 65.6 Å². The van der Waals surface area contributed by atoms with Crippen LogP contribution < -0.4 is 26.6 Å². The summed E-state index contributed by atoms with van der Waals surface area (Å²) in [6.07, 6.45) is 7.24. The van der Waals surface area contributed by atoms with Gasteiger partial charge in [0.25, 0.3) is 11.8 Å². The fourth-order valence-electron chi connectivity index (χ4n) is 6.54. The van der Waals surface area contributed by atoms with Crippen LogP contribution in [0.1, 0.15) is 102 Å². The first-order valence-electron chi connectivity index (χ1n) is 18.9. The van der Waals surface area contributed by atoms with E-state index >= 15 is 0 Å². The number of likely N-dealkylation sites (tertiary alicyclic amines) is 1. The average Bonchev–Trinajstić information content (AvgIpc) is 3.97. The number of aromatic nitrogens is 2. The Morgan fingerprint density at radius 2 is 1.70 bits per heavy atom. The summed E-state index contributed by atoms with van der Waals surface area (Å²) in [5.41, 5.74) is 0.0905. The second-order valence-corrected chi connectivity index (χ2v) is 18.5. The molecule has 17 nitrogen and oxygen atoms in total. The molecule has 20 heteroatoms. The number of imide groups is 2. The number of hydrogen-bond acceptors (Lipinski definition) is 14. The Balaban J connectivity index is 0.782. The fourth-order valence-corrected chi connectivity index (χ4v) is 9.29. The molecule has 2 fully saturated rings. The van der Waals surface area contributed by atoms with E-state index in [9.17, 15) is 33.6 Å². The van der Waals surface area contributed by atoms with Crippen LogP contribution in [0.25, 0.3) is 0 Å². The van der Waals surface area contributed by atoms with Gasteiger partial charge in [-0.2, -0.15) is 0 Å². The molecule has 3 aliphatic rings. The number of piperidine rings is 2. The van der Waals surface area contributed by atoms with Crippen LogP contribution in [0.5, 0.6) is 0 Å². The van der Waals surface area contributed by atoms with Crippen molar-refractivity contribution in [2.45, 2.75) is 93.7 Å². The number of thiazole rings is 1. The highest BCUT2D eigenvalue weighted by Crippen LogP contribution is 2.34. The molecule has 0 bridgehead atoms. The molecule has 0 aliphatic carbocycles. The van der Waals surface area contributed by atoms with Crippen molar-refractivity contribution >= 4 is 81.0 Å². The van der Waals surface area contributed by atoms with E-state index < -0.39 is 29.7 Å². The molecular formula is C37H47N9O8S3. The minimum absolute atomic E-state index is 0.0520. The lowest BCUT2D eigenvalue weighted by Crippen LogP contribution is -2.54. The van der Waals surface area contributed by atoms with Gasteiger partial charge in [0.15, 0.2) is 5.13 Å². The molecule has 6 heterocycles. The molecule has 57 heavy (non-hydrogen) atoms. The lowest BCUT2D eigenvalue weighted by Gasteiger charge is -2.30. The van der Waals surface area contributed by atoms with Crippen molar-refractivity contribution in [1.29, 1.82) is 0 Å². The number of hydrogen-bond donors (Lipinski definition) is 5. The van der Waals surface area contributed by atoms with Gasteiger partial charge in [0.1, 0.15) is 16.7 Å². The molecule has 3 aromatic rings.